The van der Waals surface area contributed by atoms with Gasteiger partial charge in [0, 0.05) is 0 Å². The first-order valence-corrected chi connectivity index (χ1v) is 4.48. The lowest BCUT2D eigenvalue weighted by atomic mass is 10.0. The quantitative estimate of drug-likeness (QED) is 0.723. The molecule has 0 aromatic heterocycles. The minimum Gasteiger partial charge on any atom is -0.388 e. The fourth-order valence-electron chi connectivity index (χ4n) is 1.19. The minimum absolute atomic E-state index is 0.292. The number of benzene rings is 1. The average molecular weight is 163 g/mol. The van der Waals surface area contributed by atoms with E-state index in [-0.39, 0.29) is 6.10 Å². The number of aliphatic hydroxyl groups is 1. The molecule has 1 heteroatoms. The van der Waals surface area contributed by atoms with E-state index in [0.29, 0.717) is 0 Å². The van der Waals surface area contributed by atoms with Crippen LogP contribution in [0.3, 0.4) is 0 Å². The molecule has 0 heterocycles. The molecule has 1 radical (unpaired) electrons. The van der Waals surface area contributed by atoms with E-state index in [1.54, 1.807) is 0 Å². The average Bonchev–Trinajstić information content (AvgIpc) is 2.15. The van der Waals surface area contributed by atoms with Crippen molar-refractivity contribution in [1.82, 2.24) is 0 Å². The molecule has 1 nitrogen and oxygen atoms in total. The van der Waals surface area contributed by atoms with Crippen LogP contribution in [0.4, 0.5) is 0 Å². The largest absolute Gasteiger partial charge is 0.388 e. The van der Waals surface area contributed by atoms with Crippen LogP contribution in [0.25, 0.3) is 0 Å². The van der Waals surface area contributed by atoms with Crippen molar-refractivity contribution in [3.8, 4) is 0 Å². The van der Waals surface area contributed by atoms with Gasteiger partial charge in [-0.15, -0.1) is 0 Å². The van der Waals surface area contributed by atoms with Crippen LogP contribution in [0.2, 0.25) is 0 Å². The highest BCUT2D eigenvalue weighted by molar-refractivity contribution is 5.16. The normalized spacial score (nSPS) is 12.8. The molecule has 0 saturated carbocycles. The van der Waals surface area contributed by atoms with Gasteiger partial charge in [-0.25, -0.2) is 0 Å². The van der Waals surface area contributed by atoms with E-state index in [0.717, 1.165) is 24.8 Å². The highest BCUT2D eigenvalue weighted by Crippen LogP contribution is 2.17. The van der Waals surface area contributed by atoms with Gasteiger partial charge >= 0.3 is 0 Å². The molecule has 0 aliphatic heterocycles. The van der Waals surface area contributed by atoms with Gasteiger partial charge < -0.3 is 5.11 Å². The number of rotatable bonds is 4. The molecule has 12 heavy (non-hydrogen) atoms. The lowest BCUT2D eigenvalue weighted by molar-refractivity contribution is 0.164. The van der Waals surface area contributed by atoms with Crippen molar-refractivity contribution in [2.75, 3.05) is 0 Å². The first-order chi connectivity index (χ1) is 5.84. The SMILES string of the molecule is CCCCC(O)c1cc[c]cc1. The van der Waals surface area contributed by atoms with Crippen molar-refractivity contribution < 1.29 is 5.11 Å². The highest BCUT2D eigenvalue weighted by atomic mass is 16.3. The predicted octanol–water partition coefficient (Wildman–Crippen LogP) is 2.71. The molecule has 1 N–H and O–H groups in total. The van der Waals surface area contributed by atoms with Crippen molar-refractivity contribution in [3.05, 3.63) is 35.9 Å². The summed E-state index contributed by atoms with van der Waals surface area (Å²) in [6.07, 6.45) is 2.79. The Morgan fingerprint density at radius 1 is 1.42 bits per heavy atom. The second-order valence-corrected chi connectivity index (χ2v) is 2.99. The molecule has 1 aromatic carbocycles. The van der Waals surface area contributed by atoms with Gasteiger partial charge in [0.1, 0.15) is 0 Å². The molecule has 65 valence electrons. The number of hydrogen-bond donors (Lipinski definition) is 1. The zero-order valence-electron chi connectivity index (χ0n) is 7.46. The van der Waals surface area contributed by atoms with Crippen LogP contribution >= 0.6 is 0 Å². The Morgan fingerprint density at radius 2 is 2.08 bits per heavy atom. The van der Waals surface area contributed by atoms with E-state index < -0.39 is 0 Å². The summed E-state index contributed by atoms with van der Waals surface area (Å²) in [6, 6.07) is 10.4. The highest BCUT2D eigenvalue weighted by Gasteiger charge is 2.04. The maximum Gasteiger partial charge on any atom is 0.0790 e. The number of aliphatic hydroxyl groups excluding tert-OH is 1. The fourth-order valence-corrected chi connectivity index (χ4v) is 1.19. The summed E-state index contributed by atoms with van der Waals surface area (Å²) < 4.78 is 0. The smallest absolute Gasteiger partial charge is 0.0790 e. The van der Waals surface area contributed by atoms with Crippen LogP contribution in [0, 0.1) is 6.07 Å². The Bertz CT molecular complexity index is 206. The molecule has 0 aliphatic carbocycles. The van der Waals surface area contributed by atoms with E-state index in [2.05, 4.69) is 13.0 Å². The second-order valence-electron chi connectivity index (χ2n) is 2.99. The summed E-state index contributed by atoms with van der Waals surface area (Å²) in [7, 11) is 0. The van der Waals surface area contributed by atoms with E-state index in [4.69, 9.17) is 0 Å². The van der Waals surface area contributed by atoms with Gasteiger partial charge in [0.05, 0.1) is 6.10 Å². The summed E-state index contributed by atoms with van der Waals surface area (Å²) in [5.74, 6) is 0. The van der Waals surface area contributed by atoms with Crippen LogP contribution in [-0.4, -0.2) is 5.11 Å². The lowest BCUT2D eigenvalue weighted by Crippen LogP contribution is -1.96. The Labute approximate surface area is 74.1 Å². The minimum atomic E-state index is -0.292. The summed E-state index contributed by atoms with van der Waals surface area (Å²) in [5, 5.41) is 9.64. The van der Waals surface area contributed by atoms with Gasteiger partial charge in [0.2, 0.25) is 0 Å². The summed E-state index contributed by atoms with van der Waals surface area (Å²) >= 11 is 0. The molecule has 1 unspecified atom stereocenters. The Morgan fingerprint density at radius 3 is 2.67 bits per heavy atom. The monoisotopic (exact) mass is 163 g/mol. The van der Waals surface area contributed by atoms with Gasteiger partial charge in [-0.05, 0) is 18.1 Å². The van der Waals surface area contributed by atoms with Gasteiger partial charge in [0.25, 0.3) is 0 Å². The standard InChI is InChI=1S/C11H15O/c1-2-3-9-11(12)10-7-5-4-6-8-10/h5-8,11-12H,2-3,9H2,1H3. The van der Waals surface area contributed by atoms with Crippen molar-refractivity contribution in [3.63, 3.8) is 0 Å². The molecule has 1 aromatic rings. The third kappa shape index (κ3) is 2.67. The van der Waals surface area contributed by atoms with Crippen LogP contribution in [0.5, 0.6) is 0 Å². The predicted molar refractivity (Wildman–Crippen MR) is 49.8 cm³/mol. The van der Waals surface area contributed by atoms with Gasteiger partial charge in [-0.3, -0.25) is 0 Å². The van der Waals surface area contributed by atoms with Crippen molar-refractivity contribution in [2.24, 2.45) is 0 Å². The first kappa shape index (κ1) is 9.27. The van der Waals surface area contributed by atoms with E-state index >= 15 is 0 Å². The third-order valence-electron chi connectivity index (χ3n) is 1.96. The van der Waals surface area contributed by atoms with Crippen LogP contribution in [0.1, 0.15) is 37.9 Å². The molecule has 0 amide bonds. The molecule has 0 aliphatic rings. The van der Waals surface area contributed by atoms with Crippen LogP contribution in [0.15, 0.2) is 24.3 Å². The van der Waals surface area contributed by atoms with Crippen LogP contribution in [-0.2, 0) is 0 Å². The molecule has 0 spiro atoms. The summed E-state index contributed by atoms with van der Waals surface area (Å²) in [5.41, 5.74) is 1.00. The molecule has 0 saturated heterocycles. The number of hydrogen-bond acceptors (Lipinski definition) is 1. The maximum atomic E-state index is 9.64. The van der Waals surface area contributed by atoms with Crippen molar-refractivity contribution >= 4 is 0 Å². The topological polar surface area (TPSA) is 20.2 Å². The molecular weight excluding hydrogens is 148 g/mol. The molecule has 1 atom stereocenters. The second kappa shape index (κ2) is 4.94. The van der Waals surface area contributed by atoms with E-state index in [9.17, 15) is 5.11 Å². The summed E-state index contributed by atoms with van der Waals surface area (Å²) in [6.45, 7) is 2.13. The first-order valence-electron chi connectivity index (χ1n) is 4.48. The Kier molecular flexibility index (Phi) is 3.81. The van der Waals surface area contributed by atoms with Gasteiger partial charge in [-0.1, -0.05) is 44.0 Å². The molecule has 0 fully saturated rings. The van der Waals surface area contributed by atoms with Gasteiger partial charge in [-0.2, -0.15) is 0 Å². The molecular formula is C11H15O. The summed E-state index contributed by atoms with van der Waals surface area (Å²) in [4.78, 5) is 0. The zero-order chi connectivity index (χ0) is 8.81. The Balaban J connectivity index is 2.48. The lowest BCUT2D eigenvalue weighted by Gasteiger charge is -2.08. The number of unbranched alkanes of at least 4 members (excludes halogenated alkanes) is 1. The molecule has 1 rings (SSSR count). The van der Waals surface area contributed by atoms with Crippen LogP contribution < -0.4 is 0 Å². The van der Waals surface area contributed by atoms with E-state index in [1.165, 1.54) is 0 Å². The van der Waals surface area contributed by atoms with Crippen molar-refractivity contribution in [1.29, 1.82) is 0 Å². The van der Waals surface area contributed by atoms with Crippen molar-refractivity contribution in [2.45, 2.75) is 32.3 Å². The van der Waals surface area contributed by atoms with E-state index in [1.807, 2.05) is 24.3 Å². The fraction of sp³-hybridized carbons (Fsp3) is 0.455. The molecule has 0 bridgehead atoms. The zero-order valence-corrected chi connectivity index (χ0v) is 7.46. The third-order valence-corrected chi connectivity index (χ3v) is 1.96. The maximum absolute atomic E-state index is 9.64. The Hall–Kier alpha value is -0.820. The van der Waals surface area contributed by atoms with Gasteiger partial charge in [0.15, 0.2) is 0 Å².